The molecule has 0 saturated heterocycles. The van der Waals surface area contributed by atoms with Gasteiger partial charge < -0.3 is 5.11 Å². The van der Waals surface area contributed by atoms with E-state index in [1.165, 1.54) is 0 Å². The molecule has 0 aromatic heterocycles. The number of aliphatic carboxylic acids is 1. The highest BCUT2D eigenvalue weighted by atomic mass is 35.6. The van der Waals surface area contributed by atoms with Gasteiger partial charge in [-0.3, -0.25) is 0 Å². The number of hydrogen-bond donors (Lipinski definition) is 1. The largest absolute Gasteiger partial charge is 0.479 e. The molecule has 0 atom stereocenters. The minimum absolute atomic E-state index is 2.23. The highest BCUT2D eigenvalue weighted by Gasteiger charge is 2.89. The van der Waals surface area contributed by atoms with E-state index in [2.05, 4.69) is 0 Å². The molecule has 0 spiro atoms. The Labute approximate surface area is 594 Å². The summed E-state index contributed by atoms with van der Waals surface area (Å²) in [5.74, 6) is -2.23. The van der Waals surface area contributed by atoms with Crippen LogP contribution >= 0.6 is 499 Å². The Kier molecular flexibility index (Phi) is 27.4. The van der Waals surface area contributed by atoms with E-state index in [0.717, 1.165) is 0 Å². The lowest BCUT2D eigenvalue weighted by molar-refractivity contribution is -0.138. The maximum absolute atomic E-state index is 11.9. The predicted molar refractivity (Wildman–Crippen MR) is 317 cm³/mol. The van der Waals surface area contributed by atoms with Gasteiger partial charge in [-0.1, -0.05) is 499 Å². The molecule has 0 radical (unpaired) electrons. The molecular weight excluding hydrogens is 1820 g/mol. The second kappa shape index (κ2) is 23.2. The maximum Gasteiger partial charge on any atom is 0.343 e. The third-order valence-corrected chi connectivity index (χ3v) is 39.3. The van der Waals surface area contributed by atoms with Gasteiger partial charge in [0.2, 0.25) is 12.5 Å². The molecule has 0 bridgehead atoms. The molecule has 0 rings (SSSR count). The lowest BCUT2D eigenvalue weighted by atomic mass is 9.95. The Hall–Kier alpha value is 11.9. The van der Waals surface area contributed by atoms with E-state index in [1.54, 1.807) is 0 Å². The number of hydrogen-bond acceptors (Lipinski definition) is 1. The molecule has 0 aliphatic carbocycles. The van der Waals surface area contributed by atoms with E-state index in [9.17, 15) is 9.90 Å². The van der Waals surface area contributed by atoms with Crippen molar-refractivity contribution in [2.45, 2.75) is 90.5 Å². The molecule has 0 aromatic carbocycles. The first-order valence-electron chi connectivity index (χ1n) is 13.8. The molecule has 67 heavy (non-hydrogen) atoms. The average Bonchev–Trinajstić information content (AvgIpc) is 3.09. The SMILES string of the molecule is O=C(O)C(Cl)(Cl)C(Cl)(Cl)C(Cl)(Cl)C(Cl)(Cl)C(Cl)(Cl)C(Cl)(Cl)C(Cl)(Cl)C(Cl)(Cl)C(Cl)(Cl)C(Cl)(Cl)C(Cl)(Cl)C(Cl)(Cl)C(Cl)(Cl)C(Cl)(Cl)C(Cl)(Cl)C(Cl)(Cl)C(Cl)(Cl)C(Cl)(Cl)C(Cl)(Cl)C(Cl)(Cl)C(Cl)(Cl)Cl. The summed E-state index contributed by atoms with van der Waals surface area (Å²) in [4.78, 5) is 11.9. The minimum atomic E-state index is -3.87. The summed E-state index contributed by atoms with van der Waals surface area (Å²) < 4.78 is -76.6. The lowest BCUT2D eigenvalue weighted by Gasteiger charge is -2.59. The van der Waals surface area contributed by atoms with Crippen LogP contribution in [0.4, 0.5) is 0 Å². The number of halogens is 43. The number of carboxylic acids is 1. The van der Waals surface area contributed by atoms with Gasteiger partial charge in [-0.15, -0.1) is 0 Å². The van der Waals surface area contributed by atoms with Crippen molar-refractivity contribution in [1.82, 2.24) is 0 Å². The molecule has 0 fully saturated rings. The molecule has 0 aromatic rings. The molecule has 0 heterocycles. The van der Waals surface area contributed by atoms with Gasteiger partial charge in [-0.2, -0.15) is 0 Å². The van der Waals surface area contributed by atoms with Gasteiger partial charge in [-0.05, 0) is 0 Å². The molecule has 2 nitrogen and oxygen atoms in total. The van der Waals surface area contributed by atoms with Gasteiger partial charge in [-0.25, -0.2) is 4.79 Å². The summed E-state index contributed by atoms with van der Waals surface area (Å²) >= 11 is 275. The van der Waals surface area contributed by atoms with Crippen LogP contribution in [0.25, 0.3) is 0 Å². The van der Waals surface area contributed by atoms with Crippen molar-refractivity contribution in [1.29, 1.82) is 0 Å². The Balaban J connectivity index is 8.07. The molecule has 45 heteroatoms. The number of carboxylic acid groups (broad SMARTS) is 1. The van der Waals surface area contributed by atoms with Crippen LogP contribution in [0.15, 0.2) is 0 Å². The molecule has 1 N–H and O–H groups in total. The highest BCUT2D eigenvalue weighted by molar-refractivity contribution is 6.87. The van der Waals surface area contributed by atoms with Gasteiger partial charge in [0.25, 0.3) is 0 Å². The first-order chi connectivity index (χ1) is 27.9. The van der Waals surface area contributed by atoms with Crippen LogP contribution in [0.1, 0.15) is 0 Å². The molecule has 0 unspecified atom stereocenters. The van der Waals surface area contributed by atoms with Crippen molar-refractivity contribution in [2.24, 2.45) is 0 Å². The van der Waals surface area contributed by atoms with E-state index < -0.39 is 96.4 Å². The topological polar surface area (TPSA) is 37.3 Å². The van der Waals surface area contributed by atoms with E-state index >= 15 is 0 Å². The zero-order valence-corrected chi connectivity index (χ0v) is 60.6. The van der Waals surface area contributed by atoms with Crippen molar-refractivity contribution in [3.63, 3.8) is 0 Å². The van der Waals surface area contributed by atoms with Crippen molar-refractivity contribution in [2.75, 3.05) is 0 Å². The molecule has 0 aliphatic rings. The third kappa shape index (κ3) is 11.5. The second-order valence-electron chi connectivity index (χ2n) is 12.3. The van der Waals surface area contributed by atoms with Crippen LogP contribution < -0.4 is 0 Å². The molecule has 402 valence electrons. The number of alkyl halides is 43. The first kappa shape index (κ1) is 78.9. The normalized spacial score (nSPS) is 17.3. The van der Waals surface area contributed by atoms with E-state index in [0.29, 0.717) is 0 Å². The summed E-state index contributed by atoms with van der Waals surface area (Å²) in [6, 6.07) is 0. The number of carbonyl (C=O) groups is 1. The summed E-state index contributed by atoms with van der Waals surface area (Å²) in [7, 11) is 0. The van der Waals surface area contributed by atoms with Crippen molar-refractivity contribution < 1.29 is 9.90 Å². The minimum Gasteiger partial charge on any atom is -0.479 e. The Bertz CT molecular complexity index is 1840. The summed E-state index contributed by atoms with van der Waals surface area (Å²) in [5, 5.41) is 9.57. The fraction of sp³-hybridized carbons (Fsp3) is 0.955. The quantitative estimate of drug-likeness (QED) is 0.123. The number of rotatable bonds is 20. The van der Waals surface area contributed by atoms with Gasteiger partial charge >= 0.3 is 5.97 Å². The molecular formula is C22HCl43O2. The summed E-state index contributed by atoms with van der Waals surface area (Å²) in [6.07, 6.45) is 0. The highest BCUT2D eigenvalue weighted by Crippen LogP contribution is 2.80. The molecule has 0 amide bonds. The molecule has 0 aliphatic heterocycles. The monoisotopic (exact) mass is 1800 g/mol. The van der Waals surface area contributed by atoms with Crippen LogP contribution in [-0.2, 0) is 4.79 Å². The van der Waals surface area contributed by atoms with Crippen LogP contribution in [0.2, 0.25) is 0 Å². The summed E-state index contributed by atoms with van der Waals surface area (Å²) in [6.45, 7) is 0. The Morgan fingerprint density at radius 3 is 0.358 bits per heavy atom. The zero-order valence-electron chi connectivity index (χ0n) is 28.1. The second-order valence-corrected chi connectivity index (χ2v) is 41.1. The first-order valence-corrected chi connectivity index (χ1v) is 30.1. The lowest BCUT2D eigenvalue weighted by Crippen LogP contribution is -2.76. The average molecular weight is 1820 g/mol. The van der Waals surface area contributed by atoms with Gasteiger partial charge in [0.15, 0.2) is 78.0 Å². The van der Waals surface area contributed by atoms with E-state index in [-0.39, 0.29) is 0 Å². The van der Waals surface area contributed by atoms with Crippen LogP contribution in [-0.4, -0.2) is 102 Å². The third-order valence-electron chi connectivity index (χ3n) is 8.12. The van der Waals surface area contributed by atoms with Gasteiger partial charge in [0.1, 0.15) is 0 Å². The maximum atomic E-state index is 11.9. The van der Waals surface area contributed by atoms with Crippen LogP contribution in [0, 0.1) is 0 Å². The fourth-order valence-electron chi connectivity index (χ4n) is 3.86. The van der Waals surface area contributed by atoms with Gasteiger partial charge in [0, 0.05) is 0 Å². The van der Waals surface area contributed by atoms with Crippen LogP contribution in [0.3, 0.4) is 0 Å². The zero-order chi connectivity index (χ0) is 56.1. The van der Waals surface area contributed by atoms with Crippen molar-refractivity contribution >= 4 is 505 Å². The Morgan fingerprint density at radius 1 is 0.179 bits per heavy atom. The van der Waals surface area contributed by atoms with Gasteiger partial charge in [0.05, 0.1) is 0 Å². The van der Waals surface area contributed by atoms with Crippen molar-refractivity contribution in [3.05, 3.63) is 0 Å². The smallest absolute Gasteiger partial charge is 0.343 e. The van der Waals surface area contributed by atoms with E-state index in [1.807, 2.05) is 0 Å². The van der Waals surface area contributed by atoms with Crippen molar-refractivity contribution in [3.8, 4) is 0 Å². The standard InChI is InChI=1S/C22HCl43O2/c23-2(24,1(66)67)3(25,26)4(27,28)5(29,30)6(31,32)7(33,34)8(35,36)9(37,38)10(39,40)11(41,42)12(43,44)13(45,46)14(47,48)15(49,50)16(51,52)17(53,54)18(55,56)19(57,58)20(59,60)21(61,62)22(63,64)65/h(H,66,67). The predicted octanol–water partition coefficient (Wildman–Crippen LogP) is 24.9. The van der Waals surface area contributed by atoms with Crippen LogP contribution in [0.5, 0.6) is 0 Å². The van der Waals surface area contributed by atoms with E-state index in [4.69, 9.17) is 499 Å². The summed E-state index contributed by atoms with van der Waals surface area (Å²) in [5.41, 5.74) is 0. The molecule has 0 saturated carbocycles. The Morgan fingerprint density at radius 2 is 0.269 bits per heavy atom. The fourth-order valence-corrected chi connectivity index (χ4v) is 18.7.